The second-order valence-corrected chi connectivity index (χ2v) is 7.51. The van der Waals surface area contributed by atoms with E-state index < -0.39 is 0 Å². The number of nitrogen functional groups attached to an aromatic ring is 1. The molecule has 0 fully saturated rings. The lowest BCUT2D eigenvalue weighted by atomic mass is 10.1. The van der Waals surface area contributed by atoms with Crippen LogP contribution in [0.1, 0.15) is 39.8 Å². The Balaban J connectivity index is 1.42. The van der Waals surface area contributed by atoms with Crippen molar-refractivity contribution in [2.75, 3.05) is 13.1 Å². The van der Waals surface area contributed by atoms with Gasteiger partial charge in [0.2, 0.25) is 0 Å². The lowest BCUT2D eigenvalue weighted by molar-refractivity contribution is 0.742. The van der Waals surface area contributed by atoms with Gasteiger partial charge in [-0.2, -0.15) is 0 Å². The zero-order valence-electron chi connectivity index (χ0n) is 17.4. The Morgan fingerprint density at radius 3 is 1.94 bits per heavy atom. The topological polar surface area (TPSA) is 74.3 Å². The predicted molar refractivity (Wildman–Crippen MR) is 132 cm³/mol. The number of nitrogens with one attached hydrogen (secondary N) is 2. The van der Waals surface area contributed by atoms with Crippen LogP contribution in [-0.4, -0.2) is 24.8 Å². The van der Waals surface area contributed by atoms with Crippen LogP contribution in [0.5, 0.6) is 0 Å². The van der Waals surface area contributed by atoms with Crippen molar-refractivity contribution in [2.45, 2.75) is 6.42 Å². The zero-order valence-corrected chi connectivity index (χ0v) is 17.4. The summed E-state index contributed by atoms with van der Waals surface area (Å²) in [7, 11) is 0. The number of rotatable bonds is 6. The molecule has 1 aliphatic rings. The highest BCUT2D eigenvalue weighted by Gasteiger charge is 2.05. The number of benzene rings is 3. The minimum atomic E-state index is 0.0871. The molecule has 0 amide bonds. The quantitative estimate of drug-likeness (QED) is 0.304. The monoisotopic (exact) mass is 406 g/mol. The van der Waals surface area contributed by atoms with E-state index in [1.807, 2.05) is 24.3 Å². The number of amidine groups is 2. The smallest absolute Gasteiger partial charge is 0.128 e. The third-order valence-corrected chi connectivity index (χ3v) is 5.15. The highest BCUT2D eigenvalue weighted by molar-refractivity contribution is 5.99. The Hall–Kier alpha value is -3.92. The summed E-state index contributed by atoms with van der Waals surface area (Å²) in [6.07, 6.45) is 9.51. The maximum atomic E-state index is 7.47. The second-order valence-electron chi connectivity index (χ2n) is 7.51. The van der Waals surface area contributed by atoms with Crippen LogP contribution in [-0.2, 0) is 0 Å². The van der Waals surface area contributed by atoms with Crippen LogP contribution in [0.25, 0.3) is 24.3 Å². The van der Waals surface area contributed by atoms with Crippen molar-refractivity contribution < 1.29 is 0 Å². The number of hydrogen-bond acceptors (Lipinski definition) is 3. The van der Waals surface area contributed by atoms with Crippen molar-refractivity contribution in [3.63, 3.8) is 0 Å². The zero-order chi connectivity index (χ0) is 21.5. The van der Waals surface area contributed by atoms with E-state index in [0.717, 1.165) is 58.7 Å². The van der Waals surface area contributed by atoms with Gasteiger partial charge in [-0.15, -0.1) is 0 Å². The molecule has 0 radical (unpaired) electrons. The van der Waals surface area contributed by atoms with Gasteiger partial charge >= 0.3 is 0 Å². The Labute approximate surface area is 183 Å². The molecule has 4 heteroatoms. The summed E-state index contributed by atoms with van der Waals surface area (Å²) in [5.41, 5.74) is 11.9. The third-order valence-electron chi connectivity index (χ3n) is 5.15. The molecule has 0 spiro atoms. The summed E-state index contributed by atoms with van der Waals surface area (Å²) in [5, 5.41) is 10.8. The van der Waals surface area contributed by atoms with E-state index in [4.69, 9.17) is 11.1 Å². The minimum absolute atomic E-state index is 0.0871. The first-order chi connectivity index (χ1) is 15.2. The molecule has 31 heavy (non-hydrogen) atoms. The van der Waals surface area contributed by atoms with Gasteiger partial charge in [0, 0.05) is 24.2 Å². The van der Waals surface area contributed by atoms with E-state index in [0.29, 0.717) is 0 Å². The van der Waals surface area contributed by atoms with Crippen LogP contribution in [0.15, 0.2) is 77.8 Å². The molecule has 4 rings (SSSR count). The molecule has 154 valence electrons. The molecule has 0 atom stereocenters. The lowest BCUT2D eigenvalue weighted by Gasteiger charge is -2.14. The number of aliphatic imine (C=N–C) groups is 1. The molecule has 1 aliphatic heterocycles. The van der Waals surface area contributed by atoms with Gasteiger partial charge in [0.15, 0.2) is 0 Å². The van der Waals surface area contributed by atoms with Crippen LogP contribution in [0.4, 0.5) is 0 Å². The number of nitrogens with two attached hydrogens (primary N) is 1. The van der Waals surface area contributed by atoms with Crippen LogP contribution in [0.3, 0.4) is 0 Å². The lowest BCUT2D eigenvalue weighted by Crippen LogP contribution is -2.30. The summed E-state index contributed by atoms with van der Waals surface area (Å²) in [6.45, 7) is 1.90. The van der Waals surface area contributed by atoms with E-state index in [-0.39, 0.29) is 5.84 Å². The summed E-state index contributed by atoms with van der Waals surface area (Å²) in [5.74, 6) is 1.08. The third kappa shape index (κ3) is 5.58. The first kappa shape index (κ1) is 20.4. The van der Waals surface area contributed by atoms with E-state index in [2.05, 4.69) is 83.1 Å². The van der Waals surface area contributed by atoms with Crippen molar-refractivity contribution in [3.05, 3.63) is 106 Å². The molecule has 0 bridgehead atoms. The van der Waals surface area contributed by atoms with Gasteiger partial charge in [-0.1, -0.05) is 91.0 Å². The van der Waals surface area contributed by atoms with Gasteiger partial charge in [-0.25, -0.2) is 0 Å². The van der Waals surface area contributed by atoms with Crippen molar-refractivity contribution in [1.29, 1.82) is 5.41 Å². The van der Waals surface area contributed by atoms with Gasteiger partial charge in [-0.3, -0.25) is 10.4 Å². The summed E-state index contributed by atoms with van der Waals surface area (Å²) >= 11 is 0. The van der Waals surface area contributed by atoms with E-state index in [9.17, 15) is 0 Å². The van der Waals surface area contributed by atoms with Crippen molar-refractivity contribution in [2.24, 2.45) is 10.7 Å². The largest absolute Gasteiger partial charge is 0.384 e. The number of nitrogens with zero attached hydrogens (tertiary/aromatic N) is 1. The molecule has 0 unspecified atom stereocenters. The van der Waals surface area contributed by atoms with Crippen molar-refractivity contribution >= 4 is 36.0 Å². The van der Waals surface area contributed by atoms with Crippen LogP contribution in [0.2, 0.25) is 0 Å². The van der Waals surface area contributed by atoms with E-state index in [1.54, 1.807) is 0 Å². The maximum Gasteiger partial charge on any atom is 0.128 e. The predicted octanol–water partition coefficient (Wildman–Crippen LogP) is 5.05. The Morgan fingerprint density at radius 2 is 1.39 bits per heavy atom. The van der Waals surface area contributed by atoms with Gasteiger partial charge < -0.3 is 11.1 Å². The fourth-order valence-corrected chi connectivity index (χ4v) is 3.40. The first-order valence-corrected chi connectivity index (χ1v) is 10.5. The normalized spacial score (nSPS) is 13.9. The molecular weight excluding hydrogens is 380 g/mol. The highest BCUT2D eigenvalue weighted by Crippen LogP contribution is 2.15. The van der Waals surface area contributed by atoms with Crippen LogP contribution < -0.4 is 11.1 Å². The van der Waals surface area contributed by atoms with Crippen molar-refractivity contribution in [1.82, 2.24) is 5.32 Å². The fraction of sp³-hybridized carbons (Fsp3) is 0.111. The average molecular weight is 407 g/mol. The van der Waals surface area contributed by atoms with Gasteiger partial charge in [0.05, 0.1) is 0 Å². The number of hydrogen-bond donors (Lipinski definition) is 3. The summed E-state index contributed by atoms with van der Waals surface area (Å²) < 4.78 is 0. The molecule has 0 aliphatic carbocycles. The summed E-state index contributed by atoms with van der Waals surface area (Å²) in [6, 6.07) is 24.6. The van der Waals surface area contributed by atoms with Crippen LogP contribution >= 0.6 is 0 Å². The fourth-order valence-electron chi connectivity index (χ4n) is 3.40. The van der Waals surface area contributed by atoms with Gasteiger partial charge in [0.1, 0.15) is 11.7 Å². The van der Waals surface area contributed by atoms with E-state index in [1.165, 1.54) is 0 Å². The maximum absolute atomic E-state index is 7.47. The van der Waals surface area contributed by atoms with Gasteiger partial charge in [0.25, 0.3) is 0 Å². The molecule has 4 nitrogen and oxygen atoms in total. The van der Waals surface area contributed by atoms with E-state index >= 15 is 0 Å². The van der Waals surface area contributed by atoms with Gasteiger partial charge in [-0.05, 0) is 34.7 Å². The average Bonchev–Trinajstić information content (AvgIpc) is 2.83. The molecule has 1 heterocycles. The Bertz CT molecular complexity index is 1140. The molecule has 4 N–H and O–H groups in total. The highest BCUT2D eigenvalue weighted by atomic mass is 15.0. The molecule has 0 aromatic heterocycles. The standard InChI is InChI=1S/C27H26N4/c28-26(29)24-13-9-20(10-14-24)5-7-22-3-1-4-23(19-22)8-6-21-11-15-25(16-12-21)27-30-17-2-18-31-27/h1,3-16,19H,2,17-18H2,(H3,28,29)(H,30,31)/b7-5+,8-6+. The second kappa shape index (κ2) is 9.72. The minimum Gasteiger partial charge on any atom is -0.384 e. The molecular formula is C27H26N4. The molecule has 0 saturated heterocycles. The summed E-state index contributed by atoms with van der Waals surface area (Å²) in [4.78, 5) is 4.55. The van der Waals surface area contributed by atoms with Crippen molar-refractivity contribution in [3.8, 4) is 0 Å². The Kier molecular flexibility index (Phi) is 6.38. The molecule has 3 aromatic rings. The molecule has 0 saturated carbocycles. The SMILES string of the molecule is N=C(N)c1ccc(/C=C/c2cccc(/C=C/c3ccc(C4=NCCCN4)cc3)c2)cc1. The Morgan fingerprint density at radius 1 is 0.806 bits per heavy atom. The van der Waals surface area contributed by atoms with Crippen LogP contribution in [0, 0.1) is 5.41 Å². The molecule has 3 aromatic carbocycles. The first-order valence-electron chi connectivity index (χ1n) is 10.5.